The highest BCUT2D eigenvalue weighted by Crippen LogP contribution is 2.35. The second kappa shape index (κ2) is 11.3. The fraction of sp³-hybridized carbons (Fsp3) is 0.483. The van der Waals surface area contributed by atoms with E-state index in [4.69, 9.17) is 9.47 Å². The molecule has 3 amide bonds. The van der Waals surface area contributed by atoms with E-state index < -0.39 is 0 Å². The molecule has 1 saturated heterocycles. The molecule has 3 heterocycles. The Morgan fingerprint density at radius 3 is 2.74 bits per heavy atom. The second-order valence-electron chi connectivity index (χ2n) is 10.4. The Hall–Kier alpha value is -3.75. The molecular weight excluding hydrogens is 482 g/mol. The Labute approximate surface area is 223 Å². The molecule has 9 heteroatoms. The van der Waals surface area contributed by atoms with Gasteiger partial charge in [-0.1, -0.05) is 12.8 Å². The summed E-state index contributed by atoms with van der Waals surface area (Å²) >= 11 is 0. The summed E-state index contributed by atoms with van der Waals surface area (Å²) in [7, 11) is 5.13. The van der Waals surface area contributed by atoms with Crippen LogP contribution in [0.1, 0.15) is 37.7 Å². The number of hydrogen-bond acceptors (Lipinski definition) is 5. The average Bonchev–Trinajstić information content (AvgIpc) is 3.66. The molecule has 0 unspecified atom stereocenters. The zero-order chi connectivity index (χ0) is 26.6. The molecule has 5 rings (SSSR count). The van der Waals surface area contributed by atoms with Crippen molar-refractivity contribution in [2.75, 3.05) is 45.8 Å². The van der Waals surface area contributed by atoms with Crippen LogP contribution in [0.25, 0.3) is 11.0 Å². The maximum absolute atomic E-state index is 13.6. The molecule has 202 valence electrons. The van der Waals surface area contributed by atoms with E-state index >= 15 is 0 Å². The number of fused-ring (bicyclic) bond motifs is 1. The largest absolute Gasteiger partial charge is 0.493 e. The van der Waals surface area contributed by atoms with Crippen LogP contribution < -0.4 is 14.4 Å². The minimum atomic E-state index is -0.0340. The summed E-state index contributed by atoms with van der Waals surface area (Å²) in [5, 5.41) is 0.954. The third-order valence-electron chi connectivity index (χ3n) is 7.40. The summed E-state index contributed by atoms with van der Waals surface area (Å²) in [6.45, 7) is 2.68. The lowest BCUT2D eigenvalue weighted by atomic mass is 10.1. The fourth-order valence-corrected chi connectivity index (χ4v) is 4.98. The molecule has 1 aromatic carbocycles. The standard InChI is InChI=1S/C29H37N5O4/c1-31(2)27(35)20-32-16-12-24-22(11-13-30-28(24)32)19-33-14-5-15-34(29(33)36)23-9-10-25(37-3)26(18-23)38-17-4-6-21-7-8-21/h9-13,16,18,21H,4-8,14-15,17,19-20H2,1-3H3. The molecule has 1 saturated carbocycles. The average molecular weight is 520 g/mol. The number of pyridine rings is 1. The first-order chi connectivity index (χ1) is 18.4. The molecule has 0 atom stereocenters. The monoisotopic (exact) mass is 519 g/mol. The predicted octanol–water partition coefficient (Wildman–Crippen LogP) is 4.53. The Kier molecular flexibility index (Phi) is 7.72. The number of aromatic nitrogens is 2. The van der Waals surface area contributed by atoms with Crippen molar-refractivity contribution < 1.29 is 19.1 Å². The van der Waals surface area contributed by atoms with Gasteiger partial charge in [0.15, 0.2) is 11.5 Å². The van der Waals surface area contributed by atoms with Gasteiger partial charge >= 0.3 is 6.03 Å². The maximum atomic E-state index is 13.6. The lowest BCUT2D eigenvalue weighted by Gasteiger charge is -2.36. The van der Waals surface area contributed by atoms with Crippen molar-refractivity contribution in [1.29, 1.82) is 0 Å². The van der Waals surface area contributed by atoms with Gasteiger partial charge in [0.25, 0.3) is 0 Å². The highest BCUT2D eigenvalue weighted by Gasteiger charge is 2.28. The van der Waals surface area contributed by atoms with Crippen LogP contribution >= 0.6 is 0 Å². The van der Waals surface area contributed by atoms with E-state index in [9.17, 15) is 9.59 Å². The van der Waals surface area contributed by atoms with Crippen LogP contribution in [0.3, 0.4) is 0 Å². The number of hydrogen-bond donors (Lipinski definition) is 0. The number of carbonyl (C=O) groups is 2. The molecule has 9 nitrogen and oxygen atoms in total. The third kappa shape index (κ3) is 5.71. The predicted molar refractivity (Wildman–Crippen MR) is 147 cm³/mol. The van der Waals surface area contributed by atoms with Crippen LogP contribution in [0.2, 0.25) is 0 Å². The fourth-order valence-electron chi connectivity index (χ4n) is 4.98. The molecule has 0 spiro atoms. The summed E-state index contributed by atoms with van der Waals surface area (Å²) in [5.41, 5.74) is 2.57. The highest BCUT2D eigenvalue weighted by atomic mass is 16.5. The van der Waals surface area contributed by atoms with Gasteiger partial charge in [0.2, 0.25) is 5.91 Å². The van der Waals surface area contributed by atoms with E-state index in [0.29, 0.717) is 37.7 Å². The van der Waals surface area contributed by atoms with E-state index in [1.807, 2.05) is 50.9 Å². The van der Waals surface area contributed by atoms with Gasteiger partial charge in [0.05, 0.1) is 13.7 Å². The van der Waals surface area contributed by atoms with Gasteiger partial charge in [0, 0.05) is 63.3 Å². The van der Waals surface area contributed by atoms with Crippen LogP contribution in [0.4, 0.5) is 10.5 Å². The topological polar surface area (TPSA) is 80.1 Å². The van der Waals surface area contributed by atoms with Crippen LogP contribution in [0.5, 0.6) is 11.5 Å². The van der Waals surface area contributed by atoms with Gasteiger partial charge in [0.1, 0.15) is 12.2 Å². The van der Waals surface area contributed by atoms with Crippen molar-refractivity contribution in [2.24, 2.45) is 5.92 Å². The zero-order valence-electron chi connectivity index (χ0n) is 22.6. The van der Waals surface area contributed by atoms with Crippen molar-refractivity contribution in [2.45, 2.75) is 45.2 Å². The number of carbonyl (C=O) groups excluding carboxylic acids is 2. The molecule has 3 aromatic rings. The van der Waals surface area contributed by atoms with Gasteiger partial charge < -0.3 is 23.8 Å². The molecule has 38 heavy (non-hydrogen) atoms. The normalized spacial score (nSPS) is 15.7. The molecule has 2 aliphatic rings. The van der Waals surface area contributed by atoms with Crippen molar-refractivity contribution in [3.63, 3.8) is 0 Å². The summed E-state index contributed by atoms with van der Waals surface area (Å²) in [5.74, 6) is 2.24. The SMILES string of the molecule is COc1ccc(N2CCCN(Cc3ccnc4c3ccn4CC(=O)N(C)C)C2=O)cc1OCCCC1CC1. The lowest BCUT2D eigenvalue weighted by molar-refractivity contribution is -0.129. The molecule has 1 aliphatic heterocycles. The molecule has 0 radical (unpaired) electrons. The van der Waals surface area contributed by atoms with Gasteiger partial charge in [-0.15, -0.1) is 0 Å². The molecular formula is C29H37N5O4. The molecule has 2 fully saturated rings. The number of anilines is 1. The zero-order valence-corrected chi connectivity index (χ0v) is 22.6. The van der Waals surface area contributed by atoms with E-state index in [1.165, 1.54) is 19.3 Å². The lowest BCUT2D eigenvalue weighted by Crippen LogP contribution is -2.49. The number of rotatable bonds is 11. The highest BCUT2D eigenvalue weighted by molar-refractivity contribution is 5.93. The molecule has 1 aliphatic carbocycles. The number of amides is 3. The number of urea groups is 1. The number of methoxy groups -OCH3 is 1. The van der Waals surface area contributed by atoms with Crippen molar-refractivity contribution in [3.05, 3.63) is 48.3 Å². The first-order valence-electron chi connectivity index (χ1n) is 13.4. The number of nitrogens with zero attached hydrogens (tertiary/aromatic N) is 5. The van der Waals surface area contributed by atoms with Crippen LogP contribution in [-0.4, -0.2) is 72.2 Å². The van der Waals surface area contributed by atoms with E-state index in [2.05, 4.69) is 4.98 Å². The van der Waals surface area contributed by atoms with Crippen LogP contribution in [0, 0.1) is 5.92 Å². The van der Waals surface area contributed by atoms with Gasteiger partial charge in [-0.25, -0.2) is 9.78 Å². The summed E-state index contributed by atoms with van der Waals surface area (Å²) < 4.78 is 13.4. The Morgan fingerprint density at radius 1 is 1.13 bits per heavy atom. The minimum Gasteiger partial charge on any atom is -0.493 e. The van der Waals surface area contributed by atoms with Gasteiger partial charge in [-0.05, 0) is 55.0 Å². The number of ether oxygens (including phenoxy) is 2. The summed E-state index contributed by atoms with van der Waals surface area (Å²) in [6, 6.07) is 9.61. The number of benzene rings is 1. The van der Waals surface area contributed by atoms with E-state index in [1.54, 1.807) is 32.3 Å². The van der Waals surface area contributed by atoms with E-state index in [-0.39, 0.29) is 18.5 Å². The molecule has 0 bridgehead atoms. The maximum Gasteiger partial charge on any atom is 0.324 e. The van der Waals surface area contributed by atoms with Crippen LogP contribution in [-0.2, 0) is 17.9 Å². The molecule has 2 aromatic heterocycles. The van der Waals surface area contributed by atoms with Gasteiger partial charge in [-0.2, -0.15) is 0 Å². The Morgan fingerprint density at radius 2 is 1.97 bits per heavy atom. The first-order valence-corrected chi connectivity index (χ1v) is 13.4. The molecule has 0 N–H and O–H groups in total. The summed E-state index contributed by atoms with van der Waals surface area (Å²) in [6.07, 6.45) is 9.42. The van der Waals surface area contributed by atoms with E-state index in [0.717, 1.165) is 41.0 Å². The minimum absolute atomic E-state index is 0.00214. The first kappa shape index (κ1) is 25.9. The summed E-state index contributed by atoms with van der Waals surface area (Å²) in [4.78, 5) is 35.6. The van der Waals surface area contributed by atoms with Crippen molar-refractivity contribution in [3.8, 4) is 11.5 Å². The Balaban J connectivity index is 1.30. The quantitative estimate of drug-likeness (QED) is 0.348. The Bertz CT molecular complexity index is 1300. The van der Waals surface area contributed by atoms with Crippen LogP contribution in [0.15, 0.2) is 42.7 Å². The van der Waals surface area contributed by atoms with Crippen molar-refractivity contribution >= 4 is 28.7 Å². The van der Waals surface area contributed by atoms with Crippen molar-refractivity contribution in [1.82, 2.24) is 19.4 Å². The second-order valence-corrected chi connectivity index (χ2v) is 10.4. The van der Waals surface area contributed by atoms with Gasteiger partial charge in [-0.3, -0.25) is 9.69 Å². The smallest absolute Gasteiger partial charge is 0.324 e. The third-order valence-corrected chi connectivity index (χ3v) is 7.40. The number of likely N-dealkylation sites (N-methyl/N-ethyl adjacent to an activating group) is 1.